The number of hydrogen-bond acceptors (Lipinski definition) is 2. The summed E-state index contributed by atoms with van der Waals surface area (Å²) in [7, 11) is -0.700. The molecule has 0 heterocycles. The first-order valence-corrected chi connectivity index (χ1v) is 6.16. The summed E-state index contributed by atoms with van der Waals surface area (Å²) in [6.45, 7) is 4.11. The third-order valence-electron chi connectivity index (χ3n) is 2.61. The lowest BCUT2D eigenvalue weighted by Crippen LogP contribution is -2.32. The molecule has 0 aromatic carbocycles. The molecule has 0 saturated heterocycles. The van der Waals surface area contributed by atoms with Gasteiger partial charge in [0.1, 0.15) is 0 Å². The van der Waals surface area contributed by atoms with Gasteiger partial charge in [0.2, 0.25) is 0 Å². The molecule has 0 aliphatic heterocycles. The standard InChI is InChI=1S/C9H19NOS/c1-3-7(2)12(11)6-9(10)8-4-5-8/h7-9H,3-6,10H2,1-2H3. The summed E-state index contributed by atoms with van der Waals surface area (Å²) in [6.07, 6.45) is 3.49. The fraction of sp³-hybridized carbons (Fsp3) is 1.00. The number of nitrogens with two attached hydrogens (primary N) is 1. The Bertz CT molecular complexity index is 168. The molecule has 1 fully saturated rings. The first kappa shape index (κ1) is 10.2. The lowest BCUT2D eigenvalue weighted by atomic mass is 10.2. The van der Waals surface area contributed by atoms with Crippen molar-refractivity contribution in [3.05, 3.63) is 0 Å². The van der Waals surface area contributed by atoms with E-state index >= 15 is 0 Å². The van der Waals surface area contributed by atoms with Crippen molar-refractivity contribution < 1.29 is 4.21 Å². The van der Waals surface area contributed by atoms with Crippen molar-refractivity contribution in [2.24, 2.45) is 11.7 Å². The zero-order valence-electron chi connectivity index (χ0n) is 7.95. The Hall–Kier alpha value is 0.110. The molecule has 0 spiro atoms. The van der Waals surface area contributed by atoms with Crippen molar-refractivity contribution in [2.75, 3.05) is 5.75 Å². The molecule has 0 bridgehead atoms. The average molecular weight is 189 g/mol. The Labute approximate surface area is 77.4 Å². The van der Waals surface area contributed by atoms with Crippen molar-refractivity contribution in [3.63, 3.8) is 0 Å². The van der Waals surface area contributed by atoms with Crippen LogP contribution in [-0.2, 0) is 10.8 Å². The third kappa shape index (κ3) is 2.87. The largest absolute Gasteiger partial charge is 0.327 e. The first-order chi connectivity index (χ1) is 5.65. The topological polar surface area (TPSA) is 43.1 Å². The second-order valence-corrected chi connectivity index (χ2v) is 5.67. The molecule has 2 N–H and O–H groups in total. The highest BCUT2D eigenvalue weighted by molar-refractivity contribution is 7.85. The minimum atomic E-state index is -0.700. The molecule has 0 amide bonds. The van der Waals surface area contributed by atoms with Crippen LogP contribution in [-0.4, -0.2) is 21.3 Å². The maximum absolute atomic E-state index is 11.5. The van der Waals surface area contributed by atoms with Gasteiger partial charge in [-0.25, -0.2) is 0 Å². The summed E-state index contributed by atoms with van der Waals surface area (Å²) in [6, 6.07) is 0.194. The summed E-state index contributed by atoms with van der Waals surface area (Å²) in [5.41, 5.74) is 5.88. The first-order valence-electron chi connectivity index (χ1n) is 4.78. The van der Waals surface area contributed by atoms with Gasteiger partial charge in [0.25, 0.3) is 0 Å². The third-order valence-corrected chi connectivity index (χ3v) is 4.55. The smallest absolute Gasteiger partial charge is 0.0392 e. The predicted octanol–water partition coefficient (Wildman–Crippen LogP) is 1.27. The summed E-state index contributed by atoms with van der Waals surface area (Å²) in [5.74, 6) is 1.39. The molecule has 0 aromatic rings. The van der Waals surface area contributed by atoms with Crippen LogP contribution >= 0.6 is 0 Å². The Morgan fingerprint density at radius 3 is 2.58 bits per heavy atom. The quantitative estimate of drug-likeness (QED) is 0.708. The SMILES string of the molecule is CCC(C)S(=O)CC(N)C1CC1. The van der Waals surface area contributed by atoms with Crippen LogP contribution in [0.15, 0.2) is 0 Å². The monoisotopic (exact) mass is 189 g/mol. The van der Waals surface area contributed by atoms with Crippen LogP contribution in [0.1, 0.15) is 33.1 Å². The van der Waals surface area contributed by atoms with Gasteiger partial charge in [-0.1, -0.05) is 13.8 Å². The van der Waals surface area contributed by atoms with E-state index < -0.39 is 10.8 Å². The minimum Gasteiger partial charge on any atom is -0.327 e. The summed E-state index contributed by atoms with van der Waals surface area (Å²) in [5, 5.41) is 0.315. The molecule has 0 aromatic heterocycles. The molecule has 72 valence electrons. The molecule has 3 atom stereocenters. The van der Waals surface area contributed by atoms with Crippen molar-refractivity contribution in [3.8, 4) is 0 Å². The van der Waals surface area contributed by atoms with Gasteiger partial charge in [0.05, 0.1) is 0 Å². The zero-order chi connectivity index (χ0) is 9.14. The van der Waals surface area contributed by atoms with E-state index in [2.05, 4.69) is 6.92 Å². The van der Waals surface area contributed by atoms with Crippen molar-refractivity contribution in [1.82, 2.24) is 0 Å². The molecule has 1 aliphatic rings. The van der Waals surface area contributed by atoms with Crippen LogP contribution in [0, 0.1) is 5.92 Å². The number of hydrogen-bond donors (Lipinski definition) is 1. The average Bonchev–Trinajstić information content (AvgIpc) is 2.84. The van der Waals surface area contributed by atoms with Gasteiger partial charge in [-0.15, -0.1) is 0 Å². The second kappa shape index (κ2) is 4.38. The summed E-state index contributed by atoms with van der Waals surface area (Å²) in [4.78, 5) is 0. The Morgan fingerprint density at radius 1 is 1.58 bits per heavy atom. The number of rotatable bonds is 5. The maximum Gasteiger partial charge on any atom is 0.0392 e. The van der Waals surface area contributed by atoms with Gasteiger partial charge in [-0.3, -0.25) is 4.21 Å². The summed E-state index contributed by atoms with van der Waals surface area (Å²) >= 11 is 0. The molecule has 0 radical (unpaired) electrons. The Kier molecular flexibility index (Phi) is 3.72. The summed E-state index contributed by atoms with van der Waals surface area (Å²) < 4.78 is 11.5. The van der Waals surface area contributed by atoms with E-state index in [0.717, 1.165) is 6.42 Å². The van der Waals surface area contributed by atoms with Crippen LogP contribution in [0.3, 0.4) is 0 Å². The molecular formula is C9H19NOS. The van der Waals surface area contributed by atoms with Crippen LogP contribution in [0.2, 0.25) is 0 Å². The molecule has 2 nitrogen and oxygen atoms in total. The molecule has 1 aliphatic carbocycles. The van der Waals surface area contributed by atoms with Gasteiger partial charge >= 0.3 is 0 Å². The van der Waals surface area contributed by atoms with Gasteiger partial charge < -0.3 is 5.73 Å². The predicted molar refractivity (Wildman–Crippen MR) is 53.5 cm³/mol. The fourth-order valence-corrected chi connectivity index (χ4v) is 2.55. The fourth-order valence-electron chi connectivity index (χ4n) is 1.20. The normalized spacial score (nSPS) is 24.9. The van der Waals surface area contributed by atoms with Crippen molar-refractivity contribution in [2.45, 2.75) is 44.4 Å². The molecule has 3 heteroatoms. The highest BCUT2D eigenvalue weighted by atomic mass is 32.2. The highest BCUT2D eigenvalue weighted by Crippen LogP contribution is 2.32. The second-order valence-electron chi connectivity index (χ2n) is 3.77. The van der Waals surface area contributed by atoms with E-state index in [1.54, 1.807) is 0 Å². The van der Waals surface area contributed by atoms with E-state index in [4.69, 9.17) is 5.73 Å². The van der Waals surface area contributed by atoms with E-state index in [-0.39, 0.29) is 6.04 Å². The lowest BCUT2D eigenvalue weighted by molar-refractivity contribution is 0.627. The molecule has 1 saturated carbocycles. The maximum atomic E-state index is 11.5. The molecule has 3 unspecified atom stereocenters. The van der Waals surface area contributed by atoms with Crippen molar-refractivity contribution >= 4 is 10.8 Å². The van der Waals surface area contributed by atoms with Gasteiger partial charge in [-0.2, -0.15) is 0 Å². The Balaban J connectivity index is 2.24. The van der Waals surface area contributed by atoms with E-state index in [1.807, 2.05) is 6.92 Å². The van der Waals surface area contributed by atoms with Crippen LogP contribution in [0.25, 0.3) is 0 Å². The van der Waals surface area contributed by atoms with Gasteiger partial charge in [0, 0.05) is 27.8 Å². The van der Waals surface area contributed by atoms with E-state index in [1.165, 1.54) is 12.8 Å². The van der Waals surface area contributed by atoms with E-state index in [0.29, 0.717) is 16.9 Å². The van der Waals surface area contributed by atoms with Crippen LogP contribution in [0.4, 0.5) is 0 Å². The minimum absolute atomic E-state index is 0.194. The molecular weight excluding hydrogens is 170 g/mol. The highest BCUT2D eigenvalue weighted by Gasteiger charge is 2.30. The molecule has 12 heavy (non-hydrogen) atoms. The Morgan fingerprint density at radius 2 is 2.17 bits per heavy atom. The van der Waals surface area contributed by atoms with Gasteiger partial charge in [-0.05, 0) is 25.2 Å². The van der Waals surface area contributed by atoms with E-state index in [9.17, 15) is 4.21 Å². The van der Waals surface area contributed by atoms with Crippen molar-refractivity contribution in [1.29, 1.82) is 0 Å². The van der Waals surface area contributed by atoms with Crippen LogP contribution < -0.4 is 5.73 Å². The van der Waals surface area contributed by atoms with Crippen LogP contribution in [0.5, 0.6) is 0 Å². The molecule has 1 rings (SSSR count). The van der Waals surface area contributed by atoms with Gasteiger partial charge in [0.15, 0.2) is 0 Å². The zero-order valence-corrected chi connectivity index (χ0v) is 8.77. The lowest BCUT2D eigenvalue weighted by Gasteiger charge is -2.13.